The van der Waals surface area contributed by atoms with Crippen molar-refractivity contribution >= 4 is 37.6 Å². The van der Waals surface area contributed by atoms with Crippen molar-refractivity contribution < 1.29 is 0 Å². The van der Waals surface area contributed by atoms with Gasteiger partial charge in [0.15, 0.2) is 0 Å². The summed E-state index contributed by atoms with van der Waals surface area (Å²) in [5.41, 5.74) is 2.38. The second-order valence-corrected chi connectivity index (χ2v) is 3.89. The minimum atomic E-state index is 1.10. The zero-order valence-electron chi connectivity index (χ0n) is 8.13. The number of aromatic nitrogens is 2. The normalized spacial score (nSPS) is 9.54. The Labute approximate surface area is 92.3 Å². The van der Waals surface area contributed by atoms with Gasteiger partial charge in [0, 0.05) is 0 Å². The van der Waals surface area contributed by atoms with E-state index < -0.39 is 0 Å². The van der Waals surface area contributed by atoms with E-state index in [0.717, 1.165) is 3.64 Å². The van der Waals surface area contributed by atoms with Crippen LogP contribution < -0.4 is 3.64 Å². The van der Waals surface area contributed by atoms with Crippen LogP contribution in [0.3, 0.4) is 0 Å². The predicted molar refractivity (Wildman–Crippen MR) is 57.6 cm³/mol. The number of nitrogens with one attached hydrogen (secondary N) is 1. The molecular weight excluding hydrogens is 270 g/mol. The molecule has 2 aromatic rings. The van der Waals surface area contributed by atoms with Crippen molar-refractivity contribution in [3.05, 3.63) is 24.0 Å². The molecule has 0 spiro atoms. The second kappa shape index (κ2) is 4.66. The molecule has 0 saturated carbocycles. The molecule has 13 heavy (non-hydrogen) atoms. The Kier molecular flexibility index (Phi) is 3.80. The van der Waals surface area contributed by atoms with E-state index in [1.807, 2.05) is 20.0 Å². The summed E-state index contributed by atoms with van der Waals surface area (Å²) in [6, 6.07) is 4.18. The first-order chi connectivity index (χ1) is 6.25. The first kappa shape index (κ1) is 10.6. The maximum absolute atomic E-state index is 4.22. The van der Waals surface area contributed by atoms with E-state index in [0.29, 0.717) is 0 Å². The van der Waals surface area contributed by atoms with Gasteiger partial charge in [-0.15, -0.1) is 0 Å². The summed E-state index contributed by atoms with van der Waals surface area (Å²) in [6.07, 6.45) is 1.91. The van der Waals surface area contributed by atoms with Gasteiger partial charge in [0.2, 0.25) is 0 Å². The van der Waals surface area contributed by atoms with Crippen molar-refractivity contribution in [2.45, 2.75) is 20.8 Å². The van der Waals surface area contributed by atoms with Crippen LogP contribution in [0.2, 0.25) is 0 Å². The standard InChI is InChI=1S/C8H7N2.C2H6.Sb/c1-6-4-7-5-9-3-2-8(7)10-6;1-2;/h2,4-5,10H,1H3;1-2H3;. The zero-order valence-corrected chi connectivity index (χ0v) is 10.7. The molecule has 3 heteroatoms. The number of hydrogen-bond acceptors (Lipinski definition) is 1. The van der Waals surface area contributed by atoms with Gasteiger partial charge < -0.3 is 0 Å². The van der Waals surface area contributed by atoms with Crippen LogP contribution in [0.5, 0.6) is 0 Å². The van der Waals surface area contributed by atoms with Gasteiger partial charge in [0.1, 0.15) is 0 Å². The van der Waals surface area contributed by atoms with Crippen LogP contribution in [-0.4, -0.2) is 33.0 Å². The van der Waals surface area contributed by atoms with Crippen molar-refractivity contribution in [3.8, 4) is 0 Å². The average Bonchev–Trinajstić information content (AvgIpc) is 2.48. The molecule has 0 bridgehead atoms. The minimum absolute atomic E-state index is 1.10. The van der Waals surface area contributed by atoms with Crippen LogP contribution in [0.15, 0.2) is 18.3 Å². The molecular formula is C10H13N2Sb. The number of rotatable bonds is 0. The third-order valence-electron chi connectivity index (χ3n) is 1.62. The van der Waals surface area contributed by atoms with Crippen LogP contribution in [0.25, 0.3) is 10.9 Å². The Morgan fingerprint density at radius 3 is 2.69 bits per heavy atom. The van der Waals surface area contributed by atoms with E-state index in [4.69, 9.17) is 0 Å². The van der Waals surface area contributed by atoms with Crippen LogP contribution in [0.4, 0.5) is 0 Å². The number of aromatic amines is 1. The Hall–Kier alpha value is -0.492. The van der Waals surface area contributed by atoms with Gasteiger partial charge in [-0.3, -0.25) is 0 Å². The summed E-state index contributed by atoms with van der Waals surface area (Å²) in [4.78, 5) is 7.49. The number of nitrogens with zero attached hydrogens (tertiary/aromatic N) is 1. The first-order valence-corrected chi connectivity index (χ1v) is 5.68. The summed E-state index contributed by atoms with van der Waals surface area (Å²) in [5.74, 6) is 0. The number of pyridine rings is 1. The topological polar surface area (TPSA) is 28.7 Å². The molecule has 1 N–H and O–H groups in total. The van der Waals surface area contributed by atoms with Crippen molar-refractivity contribution in [1.82, 2.24) is 9.97 Å². The Morgan fingerprint density at radius 1 is 1.31 bits per heavy atom. The molecule has 2 heterocycles. The van der Waals surface area contributed by atoms with Crippen molar-refractivity contribution in [2.75, 3.05) is 0 Å². The molecule has 2 radical (unpaired) electrons. The molecule has 0 unspecified atom stereocenters. The number of hydrogen-bond donors (Lipinski definition) is 1. The number of H-pyrrole nitrogens is 1. The van der Waals surface area contributed by atoms with E-state index in [-0.39, 0.29) is 0 Å². The molecule has 2 rings (SSSR count). The van der Waals surface area contributed by atoms with E-state index in [2.05, 4.69) is 29.0 Å². The third kappa shape index (κ3) is 2.47. The molecule has 0 fully saturated rings. The van der Waals surface area contributed by atoms with Crippen LogP contribution >= 0.6 is 0 Å². The molecule has 0 aromatic carbocycles. The van der Waals surface area contributed by atoms with Crippen molar-refractivity contribution in [1.29, 1.82) is 0 Å². The molecule has 2 nitrogen and oxygen atoms in total. The van der Waals surface area contributed by atoms with Crippen molar-refractivity contribution in [2.24, 2.45) is 0 Å². The summed E-state index contributed by atoms with van der Waals surface area (Å²) in [5, 5.41) is 1.20. The fraction of sp³-hybridized carbons (Fsp3) is 0.300. The zero-order chi connectivity index (χ0) is 9.84. The van der Waals surface area contributed by atoms with Crippen molar-refractivity contribution in [3.63, 3.8) is 0 Å². The number of aryl methyl sites for hydroxylation is 1. The Morgan fingerprint density at radius 2 is 2.00 bits per heavy atom. The quantitative estimate of drug-likeness (QED) is 0.732. The molecule has 0 aliphatic rings. The fourth-order valence-electron chi connectivity index (χ4n) is 1.16. The summed E-state index contributed by atoms with van der Waals surface area (Å²) in [6.45, 7) is 6.06. The van der Waals surface area contributed by atoms with Crippen LogP contribution in [0, 0.1) is 6.92 Å². The molecule has 2 aromatic heterocycles. The summed E-state index contributed by atoms with van der Waals surface area (Å²) >= 11 is 1.65. The van der Waals surface area contributed by atoms with Gasteiger partial charge in [-0.2, -0.15) is 0 Å². The van der Waals surface area contributed by atoms with Gasteiger partial charge >= 0.3 is 78.5 Å². The monoisotopic (exact) mass is 282 g/mol. The Bertz CT molecular complexity index is 393. The molecule has 0 aliphatic heterocycles. The van der Waals surface area contributed by atoms with Crippen LogP contribution in [-0.2, 0) is 0 Å². The summed E-state index contributed by atoms with van der Waals surface area (Å²) in [7, 11) is 0. The van der Waals surface area contributed by atoms with Gasteiger partial charge in [0.05, 0.1) is 0 Å². The average molecular weight is 283 g/mol. The summed E-state index contributed by atoms with van der Waals surface area (Å²) < 4.78 is 1.10. The Balaban J connectivity index is 0.000000396. The number of fused-ring (bicyclic) bond motifs is 1. The maximum atomic E-state index is 4.22. The second-order valence-electron chi connectivity index (χ2n) is 2.58. The molecule has 0 saturated heterocycles. The predicted octanol–water partition coefficient (Wildman–Crippen LogP) is 1.69. The third-order valence-corrected chi connectivity index (χ3v) is 2.32. The van der Waals surface area contributed by atoms with Crippen LogP contribution in [0.1, 0.15) is 19.5 Å². The van der Waals surface area contributed by atoms with E-state index >= 15 is 0 Å². The SMILES string of the molecule is CC.Cc1cc2cn[c]([Sb])cc2[nH]1. The van der Waals surface area contributed by atoms with E-state index in [1.165, 1.54) is 16.6 Å². The van der Waals surface area contributed by atoms with E-state index in [9.17, 15) is 0 Å². The molecule has 0 atom stereocenters. The first-order valence-electron chi connectivity index (χ1n) is 4.40. The fourth-order valence-corrected chi connectivity index (χ4v) is 1.69. The van der Waals surface area contributed by atoms with E-state index in [1.54, 1.807) is 23.0 Å². The van der Waals surface area contributed by atoms with Gasteiger partial charge in [0.25, 0.3) is 0 Å². The molecule has 0 aliphatic carbocycles. The van der Waals surface area contributed by atoms with Gasteiger partial charge in [-0.05, 0) is 0 Å². The van der Waals surface area contributed by atoms with Gasteiger partial charge in [-0.25, -0.2) is 0 Å². The molecule has 0 amide bonds. The van der Waals surface area contributed by atoms with Gasteiger partial charge in [-0.1, -0.05) is 13.8 Å². The molecule has 68 valence electrons.